The summed E-state index contributed by atoms with van der Waals surface area (Å²) >= 11 is 0. The number of nitrogens with zero attached hydrogens (tertiary/aromatic N) is 1. The third-order valence-corrected chi connectivity index (χ3v) is 3.64. The molecule has 1 heterocycles. The van der Waals surface area contributed by atoms with Crippen LogP contribution in [0.1, 0.15) is 38.4 Å². The van der Waals surface area contributed by atoms with Crippen molar-refractivity contribution in [1.82, 2.24) is 5.32 Å². The first kappa shape index (κ1) is 13.9. The zero-order valence-corrected chi connectivity index (χ0v) is 11.6. The summed E-state index contributed by atoms with van der Waals surface area (Å²) in [7, 11) is 0. The van der Waals surface area contributed by atoms with Gasteiger partial charge in [0.15, 0.2) is 0 Å². The van der Waals surface area contributed by atoms with E-state index >= 15 is 0 Å². The molecule has 1 amide bonds. The summed E-state index contributed by atoms with van der Waals surface area (Å²) in [5.74, 6) is 0.0553. The molecule has 1 aliphatic rings. The lowest BCUT2D eigenvalue weighted by atomic mass is 10.0. The molecule has 0 saturated carbocycles. The van der Waals surface area contributed by atoms with Gasteiger partial charge in [0.2, 0.25) is 5.91 Å². The van der Waals surface area contributed by atoms with E-state index in [4.69, 9.17) is 0 Å². The topological polar surface area (TPSA) is 52.6 Å². The van der Waals surface area contributed by atoms with Crippen LogP contribution in [0.5, 0.6) is 0 Å². The van der Waals surface area contributed by atoms with Crippen molar-refractivity contribution in [1.29, 1.82) is 0 Å². The Hall–Kier alpha value is -1.55. The van der Waals surface area contributed by atoms with Crippen molar-refractivity contribution >= 4 is 11.6 Å². The minimum absolute atomic E-state index is 0.0553. The summed E-state index contributed by atoms with van der Waals surface area (Å²) in [6, 6.07) is 8.37. The van der Waals surface area contributed by atoms with Crippen LogP contribution in [0.3, 0.4) is 0 Å². The van der Waals surface area contributed by atoms with Crippen LogP contribution in [0.4, 0.5) is 5.69 Å². The van der Waals surface area contributed by atoms with Crippen molar-refractivity contribution in [3.63, 3.8) is 0 Å². The molecular formula is C15H22N2O2. The fourth-order valence-corrected chi connectivity index (χ4v) is 2.53. The monoisotopic (exact) mass is 262 g/mol. The van der Waals surface area contributed by atoms with Gasteiger partial charge in [-0.05, 0) is 37.5 Å². The van der Waals surface area contributed by atoms with E-state index in [0.717, 1.165) is 31.5 Å². The molecule has 1 atom stereocenters. The Morgan fingerprint density at radius 3 is 2.37 bits per heavy atom. The lowest BCUT2D eigenvalue weighted by Gasteiger charge is -2.34. The highest BCUT2D eigenvalue weighted by molar-refractivity contribution is 5.73. The van der Waals surface area contributed by atoms with Gasteiger partial charge in [0, 0.05) is 31.7 Å². The van der Waals surface area contributed by atoms with Crippen LogP contribution in [0.15, 0.2) is 24.3 Å². The van der Waals surface area contributed by atoms with Crippen molar-refractivity contribution in [3.05, 3.63) is 29.8 Å². The maximum Gasteiger partial charge on any atom is 0.217 e. The summed E-state index contributed by atoms with van der Waals surface area (Å²) in [5, 5.41) is 12.5. The Morgan fingerprint density at radius 1 is 1.32 bits per heavy atom. The van der Waals surface area contributed by atoms with Gasteiger partial charge >= 0.3 is 0 Å². The average molecular weight is 262 g/mol. The van der Waals surface area contributed by atoms with E-state index in [1.807, 2.05) is 12.1 Å². The lowest BCUT2D eigenvalue weighted by Crippen LogP contribution is -2.44. The van der Waals surface area contributed by atoms with Crippen molar-refractivity contribution in [2.24, 2.45) is 0 Å². The number of aliphatic hydroxyl groups excluding tert-OH is 1. The third-order valence-electron chi connectivity index (χ3n) is 3.64. The van der Waals surface area contributed by atoms with Crippen LogP contribution in [0.25, 0.3) is 0 Å². The van der Waals surface area contributed by atoms with Crippen LogP contribution in [0, 0.1) is 0 Å². The molecule has 0 aliphatic carbocycles. The fourth-order valence-electron chi connectivity index (χ4n) is 2.53. The van der Waals surface area contributed by atoms with Gasteiger partial charge in [-0.3, -0.25) is 4.79 Å². The van der Waals surface area contributed by atoms with Crippen molar-refractivity contribution < 1.29 is 9.90 Å². The molecule has 4 heteroatoms. The molecule has 2 N–H and O–H groups in total. The smallest absolute Gasteiger partial charge is 0.217 e. The summed E-state index contributed by atoms with van der Waals surface area (Å²) in [4.78, 5) is 13.3. The highest BCUT2D eigenvalue weighted by atomic mass is 16.3. The molecule has 4 nitrogen and oxygen atoms in total. The number of aliphatic hydroxyl groups is 1. The highest BCUT2D eigenvalue weighted by Crippen LogP contribution is 2.22. The Morgan fingerprint density at radius 2 is 1.89 bits per heavy atom. The SMILES string of the molecule is CC(=O)NC1CCN(c2ccc([C@@H](C)O)cc2)CC1. The van der Waals surface area contributed by atoms with Gasteiger partial charge in [-0.2, -0.15) is 0 Å². The number of amides is 1. The number of hydrogen-bond donors (Lipinski definition) is 2. The molecule has 0 unspecified atom stereocenters. The van der Waals surface area contributed by atoms with E-state index in [1.165, 1.54) is 5.69 Å². The molecule has 0 aromatic heterocycles. The van der Waals surface area contributed by atoms with E-state index in [1.54, 1.807) is 13.8 Å². The number of piperidine rings is 1. The van der Waals surface area contributed by atoms with Crippen molar-refractivity contribution in [2.45, 2.75) is 38.8 Å². The molecule has 0 bridgehead atoms. The number of carbonyl (C=O) groups excluding carboxylic acids is 1. The second kappa shape index (κ2) is 6.06. The molecule has 1 fully saturated rings. The van der Waals surface area contributed by atoms with Gasteiger partial charge in [-0.1, -0.05) is 12.1 Å². The Kier molecular flexibility index (Phi) is 4.43. The Balaban J connectivity index is 1.92. The van der Waals surface area contributed by atoms with E-state index in [-0.39, 0.29) is 5.91 Å². The average Bonchev–Trinajstić information content (AvgIpc) is 2.39. The number of hydrogen-bond acceptors (Lipinski definition) is 3. The molecule has 19 heavy (non-hydrogen) atoms. The first-order chi connectivity index (χ1) is 9.06. The predicted molar refractivity (Wildman–Crippen MR) is 76.1 cm³/mol. The van der Waals surface area contributed by atoms with Gasteiger partial charge in [0.1, 0.15) is 0 Å². The maximum absolute atomic E-state index is 11.0. The van der Waals surface area contributed by atoms with Crippen LogP contribution in [-0.4, -0.2) is 30.1 Å². The van der Waals surface area contributed by atoms with Crippen LogP contribution >= 0.6 is 0 Å². The normalized spacial score (nSPS) is 18.2. The molecule has 1 aliphatic heterocycles. The standard InChI is InChI=1S/C15H22N2O2/c1-11(18)13-3-5-15(6-4-13)17-9-7-14(8-10-17)16-12(2)19/h3-6,11,14,18H,7-10H2,1-2H3,(H,16,19)/t11-/m1/s1. The summed E-state index contributed by atoms with van der Waals surface area (Å²) in [6.07, 6.45) is 1.55. The quantitative estimate of drug-likeness (QED) is 0.874. The summed E-state index contributed by atoms with van der Waals surface area (Å²) < 4.78 is 0. The number of carbonyl (C=O) groups is 1. The molecule has 1 aromatic rings. The zero-order chi connectivity index (χ0) is 13.8. The maximum atomic E-state index is 11.0. The molecular weight excluding hydrogens is 240 g/mol. The van der Waals surface area contributed by atoms with Crippen LogP contribution in [-0.2, 0) is 4.79 Å². The minimum Gasteiger partial charge on any atom is -0.389 e. The Bertz CT molecular complexity index is 420. The molecule has 1 saturated heterocycles. The Labute approximate surface area is 114 Å². The van der Waals surface area contributed by atoms with Crippen LogP contribution in [0.2, 0.25) is 0 Å². The van der Waals surface area contributed by atoms with Gasteiger partial charge in [-0.15, -0.1) is 0 Å². The van der Waals surface area contributed by atoms with Crippen molar-refractivity contribution in [2.75, 3.05) is 18.0 Å². The van der Waals surface area contributed by atoms with Crippen molar-refractivity contribution in [3.8, 4) is 0 Å². The van der Waals surface area contributed by atoms with E-state index in [9.17, 15) is 9.90 Å². The first-order valence-corrected chi connectivity index (χ1v) is 6.86. The number of rotatable bonds is 3. The first-order valence-electron chi connectivity index (χ1n) is 6.86. The second-order valence-electron chi connectivity index (χ2n) is 5.23. The van der Waals surface area contributed by atoms with E-state index in [0.29, 0.717) is 6.04 Å². The predicted octanol–water partition coefficient (Wildman–Crippen LogP) is 1.84. The highest BCUT2D eigenvalue weighted by Gasteiger charge is 2.19. The summed E-state index contributed by atoms with van der Waals surface area (Å²) in [6.45, 7) is 5.26. The van der Waals surface area contributed by atoms with Gasteiger partial charge in [0.25, 0.3) is 0 Å². The van der Waals surface area contributed by atoms with Gasteiger partial charge in [-0.25, -0.2) is 0 Å². The number of anilines is 1. The molecule has 2 rings (SSSR count). The third kappa shape index (κ3) is 3.70. The molecule has 0 radical (unpaired) electrons. The van der Waals surface area contributed by atoms with Gasteiger partial charge in [0.05, 0.1) is 6.10 Å². The molecule has 1 aromatic carbocycles. The van der Waals surface area contributed by atoms with E-state index in [2.05, 4.69) is 22.3 Å². The minimum atomic E-state index is -0.417. The zero-order valence-electron chi connectivity index (χ0n) is 11.6. The lowest BCUT2D eigenvalue weighted by molar-refractivity contribution is -0.119. The van der Waals surface area contributed by atoms with Gasteiger partial charge < -0.3 is 15.3 Å². The van der Waals surface area contributed by atoms with E-state index < -0.39 is 6.10 Å². The second-order valence-corrected chi connectivity index (χ2v) is 5.23. The number of benzene rings is 1. The number of nitrogens with one attached hydrogen (secondary N) is 1. The summed E-state index contributed by atoms with van der Waals surface area (Å²) in [5.41, 5.74) is 2.13. The molecule has 0 spiro atoms. The molecule has 104 valence electrons. The van der Waals surface area contributed by atoms with Crippen LogP contribution < -0.4 is 10.2 Å². The fraction of sp³-hybridized carbons (Fsp3) is 0.533. The largest absolute Gasteiger partial charge is 0.389 e.